The molecule has 144 valence electrons. The molecular weight excluding hydrogens is 393 g/mol. The summed E-state index contributed by atoms with van der Waals surface area (Å²) >= 11 is 12.7. The van der Waals surface area contributed by atoms with E-state index < -0.39 is 0 Å². The van der Waals surface area contributed by atoms with Gasteiger partial charge in [0.05, 0.1) is 10.0 Å². The molecule has 0 fully saturated rings. The minimum absolute atomic E-state index is 0.0160. The van der Waals surface area contributed by atoms with Gasteiger partial charge in [-0.15, -0.1) is 0 Å². The predicted molar refractivity (Wildman–Crippen MR) is 113 cm³/mol. The summed E-state index contributed by atoms with van der Waals surface area (Å²) in [5.41, 5.74) is 5.40. The highest BCUT2D eigenvalue weighted by atomic mass is 35.5. The number of carbonyl (C=O) groups is 2. The molecule has 2 aliphatic rings. The monoisotopic (exact) mass is 413 g/mol. The lowest BCUT2D eigenvalue weighted by molar-refractivity contribution is -0.119. The van der Waals surface area contributed by atoms with Crippen molar-refractivity contribution in [3.63, 3.8) is 0 Å². The lowest BCUT2D eigenvalue weighted by Gasteiger charge is -2.38. The number of hydrogen-bond acceptors (Lipinski definition) is 2. The molecule has 4 rings (SSSR count). The second-order valence-electron chi connectivity index (χ2n) is 7.53. The largest absolute Gasteiger partial charge is 0.294 e. The van der Waals surface area contributed by atoms with E-state index in [9.17, 15) is 9.59 Å². The highest BCUT2D eigenvalue weighted by molar-refractivity contribution is 6.42. The maximum Gasteiger partial charge on any atom is 0.232 e. The third kappa shape index (κ3) is 3.17. The van der Waals surface area contributed by atoms with E-state index in [0.717, 1.165) is 28.9 Å². The van der Waals surface area contributed by atoms with Gasteiger partial charge in [0.2, 0.25) is 5.91 Å². The van der Waals surface area contributed by atoms with Crippen molar-refractivity contribution in [2.24, 2.45) is 0 Å². The molecule has 0 N–H and O–H groups in total. The zero-order valence-corrected chi connectivity index (χ0v) is 17.4. The van der Waals surface area contributed by atoms with Crippen LogP contribution in [0.25, 0.3) is 0 Å². The van der Waals surface area contributed by atoms with Crippen LogP contribution in [-0.4, -0.2) is 11.7 Å². The summed E-state index contributed by atoms with van der Waals surface area (Å²) in [5.74, 6) is -0.259. The Morgan fingerprint density at radius 1 is 1.00 bits per heavy atom. The zero-order chi connectivity index (χ0) is 20.0. The Balaban J connectivity index is 1.89. The van der Waals surface area contributed by atoms with Crippen LogP contribution in [-0.2, 0) is 9.59 Å². The van der Waals surface area contributed by atoms with Crippen molar-refractivity contribution < 1.29 is 9.59 Å². The standard InChI is InChI=1S/C23H21Cl2NO2/c1-13-9-10-15(11-14(13)2)26-19-7-4-8-20(27)22(19)17(12-21(26)28)16-5-3-6-18(24)23(16)25/h3,5-6,9-11,17H,4,7-8,12H2,1-2H3. The summed E-state index contributed by atoms with van der Waals surface area (Å²) in [6.07, 6.45) is 2.16. The van der Waals surface area contributed by atoms with E-state index in [-0.39, 0.29) is 24.0 Å². The Morgan fingerprint density at radius 2 is 1.79 bits per heavy atom. The molecule has 1 aliphatic heterocycles. The Labute approximate surface area is 174 Å². The second kappa shape index (κ2) is 7.38. The first kappa shape index (κ1) is 19.2. The third-order valence-electron chi connectivity index (χ3n) is 5.78. The van der Waals surface area contributed by atoms with Gasteiger partial charge in [0.1, 0.15) is 0 Å². The van der Waals surface area contributed by atoms with Crippen LogP contribution in [0.5, 0.6) is 0 Å². The lowest BCUT2D eigenvalue weighted by Crippen LogP contribution is -2.40. The molecule has 1 amide bonds. The number of anilines is 1. The molecule has 0 radical (unpaired) electrons. The smallest absolute Gasteiger partial charge is 0.232 e. The number of carbonyl (C=O) groups excluding carboxylic acids is 2. The highest BCUT2D eigenvalue weighted by Crippen LogP contribution is 2.46. The molecule has 5 heteroatoms. The van der Waals surface area contributed by atoms with Gasteiger partial charge in [0.25, 0.3) is 0 Å². The SMILES string of the molecule is Cc1ccc(N2C(=O)CC(c3cccc(Cl)c3Cl)C3=C2CCCC3=O)cc1C. The Kier molecular flexibility index (Phi) is 5.07. The Hall–Kier alpha value is -2.10. The maximum atomic E-state index is 13.2. The van der Waals surface area contributed by atoms with Crippen molar-refractivity contribution in [2.75, 3.05) is 4.90 Å². The fourth-order valence-electron chi connectivity index (χ4n) is 4.21. The van der Waals surface area contributed by atoms with E-state index in [2.05, 4.69) is 0 Å². The normalized spacial score (nSPS) is 19.9. The number of Topliss-reactive ketones (excluding diaryl/α,β-unsaturated/α-hetero) is 1. The van der Waals surface area contributed by atoms with E-state index in [0.29, 0.717) is 28.5 Å². The van der Waals surface area contributed by atoms with E-state index in [1.54, 1.807) is 11.0 Å². The quantitative estimate of drug-likeness (QED) is 0.592. The number of rotatable bonds is 2. The molecular formula is C23H21Cl2NO2. The van der Waals surface area contributed by atoms with Gasteiger partial charge in [-0.1, -0.05) is 41.4 Å². The Bertz CT molecular complexity index is 1030. The predicted octanol–water partition coefficient (Wildman–Crippen LogP) is 6.14. The summed E-state index contributed by atoms with van der Waals surface area (Å²) < 4.78 is 0. The van der Waals surface area contributed by atoms with Gasteiger partial charge in [-0.05, 0) is 61.6 Å². The van der Waals surface area contributed by atoms with Crippen LogP contribution in [0, 0.1) is 13.8 Å². The average molecular weight is 414 g/mol. The average Bonchev–Trinajstić information content (AvgIpc) is 2.66. The Morgan fingerprint density at radius 3 is 2.54 bits per heavy atom. The minimum atomic E-state index is -0.343. The van der Waals surface area contributed by atoms with Crippen LogP contribution in [0.2, 0.25) is 10.0 Å². The summed E-state index contributed by atoms with van der Waals surface area (Å²) in [4.78, 5) is 27.9. The van der Waals surface area contributed by atoms with Gasteiger partial charge < -0.3 is 0 Å². The first-order chi connectivity index (χ1) is 13.4. The van der Waals surface area contributed by atoms with E-state index in [1.807, 2.05) is 44.2 Å². The van der Waals surface area contributed by atoms with Crippen molar-refractivity contribution >= 4 is 40.6 Å². The molecule has 1 aliphatic carbocycles. The highest BCUT2D eigenvalue weighted by Gasteiger charge is 2.40. The number of amides is 1. The molecule has 2 aromatic carbocycles. The van der Waals surface area contributed by atoms with E-state index in [4.69, 9.17) is 23.2 Å². The molecule has 0 saturated carbocycles. The molecule has 0 saturated heterocycles. The molecule has 0 bridgehead atoms. The summed E-state index contributed by atoms with van der Waals surface area (Å²) in [7, 11) is 0. The molecule has 1 heterocycles. The van der Waals surface area contributed by atoms with Crippen LogP contribution in [0.15, 0.2) is 47.7 Å². The number of benzene rings is 2. The van der Waals surface area contributed by atoms with Gasteiger partial charge in [-0.25, -0.2) is 0 Å². The lowest BCUT2D eigenvalue weighted by atomic mass is 9.77. The van der Waals surface area contributed by atoms with Crippen LogP contribution in [0.1, 0.15) is 48.3 Å². The number of nitrogens with zero attached hydrogens (tertiary/aromatic N) is 1. The number of ketones is 1. The summed E-state index contributed by atoms with van der Waals surface area (Å²) in [5, 5.41) is 0.862. The number of halogens is 2. The molecule has 1 atom stereocenters. The fourth-order valence-corrected chi connectivity index (χ4v) is 4.65. The molecule has 0 spiro atoms. The van der Waals surface area contributed by atoms with Crippen LogP contribution < -0.4 is 4.90 Å². The van der Waals surface area contributed by atoms with Crippen molar-refractivity contribution in [2.45, 2.75) is 45.4 Å². The van der Waals surface area contributed by atoms with Crippen molar-refractivity contribution in [3.05, 3.63) is 74.4 Å². The van der Waals surface area contributed by atoms with Gasteiger partial charge in [0.15, 0.2) is 5.78 Å². The van der Waals surface area contributed by atoms with Gasteiger partial charge in [-0.2, -0.15) is 0 Å². The van der Waals surface area contributed by atoms with Gasteiger partial charge >= 0.3 is 0 Å². The van der Waals surface area contributed by atoms with Gasteiger partial charge in [-0.3, -0.25) is 14.5 Å². The fraction of sp³-hybridized carbons (Fsp3) is 0.304. The molecule has 0 aromatic heterocycles. The second-order valence-corrected chi connectivity index (χ2v) is 8.32. The molecule has 2 aromatic rings. The van der Waals surface area contributed by atoms with Crippen molar-refractivity contribution in [1.82, 2.24) is 0 Å². The molecule has 3 nitrogen and oxygen atoms in total. The van der Waals surface area contributed by atoms with Gasteiger partial charge in [0, 0.05) is 35.7 Å². The third-order valence-corrected chi connectivity index (χ3v) is 6.61. The molecule has 28 heavy (non-hydrogen) atoms. The van der Waals surface area contributed by atoms with Crippen LogP contribution in [0.3, 0.4) is 0 Å². The zero-order valence-electron chi connectivity index (χ0n) is 15.9. The minimum Gasteiger partial charge on any atom is -0.294 e. The van der Waals surface area contributed by atoms with Crippen molar-refractivity contribution in [3.8, 4) is 0 Å². The maximum absolute atomic E-state index is 13.2. The number of aryl methyl sites for hydroxylation is 2. The first-order valence-electron chi connectivity index (χ1n) is 9.49. The number of allylic oxidation sites excluding steroid dienone is 2. The van der Waals surface area contributed by atoms with E-state index >= 15 is 0 Å². The van der Waals surface area contributed by atoms with Crippen LogP contribution >= 0.6 is 23.2 Å². The first-order valence-corrected chi connectivity index (χ1v) is 10.2. The van der Waals surface area contributed by atoms with Crippen LogP contribution in [0.4, 0.5) is 5.69 Å². The molecule has 1 unspecified atom stereocenters. The van der Waals surface area contributed by atoms with Crippen molar-refractivity contribution in [1.29, 1.82) is 0 Å². The summed E-state index contributed by atoms with van der Waals surface area (Å²) in [6.45, 7) is 4.08. The topological polar surface area (TPSA) is 37.4 Å². The van der Waals surface area contributed by atoms with E-state index in [1.165, 1.54) is 5.56 Å². The number of hydrogen-bond donors (Lipinski definition) is 0. The summed E-state index contributed by atoms with van der Waals surface area (Å²) in [6, 6.07) is 11.4.